The molecule has 1 saturated heterocycles. The van der Waals surface area contributed by atoms with Gasteiger partial charge in [0, 0.05) is 40.1 Å². The van der Waals surface area contributed by atoms with Crippen molar-refractivity contribution in [2.75, 3.05) is 6.61 Å². The summed E-state index contributed by atoms with van der Waals surface area (Å²) < 4.78 is 58.8. The number of halogens is 3. The Morgan fingerprint density at radius 1 is 1.08 bits per heavy atom. The van der Waals surface area contributed by atoms with Gasteiger partial charge >= 0.3 is 0 Å². The van der Waals surface area contributed by atoms with E-state index in [4.69, 9.17) is 9.47 Å². The van der Waals surface area contributed by atoms with Gasteiger partial charge in [0.1, 0.15) is 11.6 Å². The van der Waals surface area contributed by atoms with Crippen molar-refractivity contribution in [3.63, 3.8) is 0 Å². The Labute approximate surface area is 228 Å². The fourth-order valence-electron chi connectivity index (χ4n) is 5.11. The minimum absolute atomic E-state index is 0.137. The molecule has 39 heavy (non-hydrogen) atoms. The maximum Gasteiger partial charge on any atom is 0.271 e. The number of rotatable bonds is 6. The van der Waals surface area contributed by atoms with Crippen molar-refractivity contribution in [2.24, 2.45) is 0 Å². The molecule has 0 spiro atoms. The van der Waals surface area contributed by atoms with Crippen LogP contribution in [0.3, 0.4) is 0 Å². The molecule has 0 N–H and O–H groups in total. The molecule has 1 aliphatic rings. The Morgan fingerprint density at radius 3 is 2.62 bits per heavy atom. The van der Waals surface area contributed by atoms with Crippen LogP contribution in [0.15, 0.2) is 66.9 Å². The number of alkyl halides is 2. The van der Waals surface area contributed by atoms with Crippen molar-refractivity contribution in [2.45, 2.75) is 45.3 Å². The summed E-state index contributed by atoms with van der Waals surface area (Å²) in [5.74, 6) is -2.94. The minimum atomic E-state index is -3.25. The predicted molar refractivity (Wildman–Crippen MR) is 150 cm³/mol. The van der Waals surface area contributed by atoms with Crippen molar-refractivity contribution in [3.05, 3.63) is 83.8 Å². The van der Waals surface area contributed by atoms with Gasteiger partial charge < -0.3 is 9.47 Å². The lowest BCUT2D eigenvalue weighted by molar-refractivity contribution is -0.0366. The van der Waals surface area contributed by atoms with Crippen LogP contribution >= 0.6 is 11.3 Å². The van der Waals surface area contributed by atoms with Crippen LogP contribution in [0, 0.1) is 5.82 Å². The van der Waals surface area contributed by atoms with Gasteiger partial charge in [0.25, 0.3) is 5.92 Å². The molecule has 0 aliphatic carbocycles. The molecule has 0 radical (unpaired) electrons. The molecule has 0 saturated carbocycles. The molecule has 5 aromatic rings. The quantitative estimate of drug-likeness (QED) is 0.212. The predicted octanol–water partition coefficient (Wildman–Crippen LogP) is 9.69. The van der Waals surface area contributed by atoms with Crippen LogP contribution in [0.2, 0.25) is 0 Å². The Morgan fingerprint density at radius 2 is 1.90 bits per heavy atom. The average Bonchev–Trinajstić information content (AvgIpc) is 3.52. The zero-order valence-corrected chi connectivity index (χ0v) is 22.4. The number of benzene rings is 3. The molecule has 4 nitrogen and oxygen atoms in total. The largest absolute Gasteiger partial charge is 0.455 e. The summed E-state index contributed by atoms with van der Waals surface area (Å²) in [4.78, 5) is 0.508. The van der Waals surface area contributed by atoms with E-state index in [2.05, 4.69) is 5.10 Å². The molecule has 2 aromatic heterocycles. The maximum absolute atomic E-state index is 14.7. The zero-order valence-electron chi connectivity index (χ0n) is 21.6. The standard InChI is InChI=1S/C31H27F3N2O2S/c1-3-6-19-8-11-21(12-9-19)38-28-23-14-15-26-24(18-35-36(26)27-7-4-5-16-37-27)29(23)39-30(28)22-13-10-20(32)17-25(22)31(2,33)34/h3,6,8-15,17-18,27H,4-5,7,16H2,1-2H3/b6-3+. The van der Waals surface area contributed by atoms with E-state index in [0.717, 1.165) is 58.8 Å². The molecule has 3 heterocycles. The monoisotopic (exact) mass is 548 g/mol. The van der Waals surface area contributed by atoms with Crippen molar-refractivity contribution in [1.29, 1.82) is 0 Å². The van der Waals surface area contributed by atoms with E-state index >= 15 is 0 Å². The molecular weight excluding hydrogens is 521 g/mol. The second-order valence-corrected chi connectivity index (χ2v) is 10.8. The average molecular weight is 549 g/mol. The molecule has 3 aromatic carbocycles. The Bertz CT molecular complexity index is 1680. The van der Waals surface area contributed by atoms with Crippen molar-refractivity contribution >= 4 is 38.4 Å². The SMILES string of the molecule is C/C=C/c1ccc(Oc2c(-c3ccc(F)cc3C(C)(F)F)sc3c2ccc2c3cnn2C2CCCCO2)cc1. The highest BCUT2D eigenvalue weighted by Gasteiger charge is 2.31. The van der Waals surface area contributed by atoms with Crippen molar-refractivity contribution in [1.82, 2.24) is 9.78 Å². The van der Waals surface area contributed by atoms with Gasteiger partial charge in [-0.05, 0) is 68.1 Å². The molecule has 1 unspecified atom stereocenters. The highest BCUT2D eigenvalue weighted by Crippen LogP contribution is 2.51. The van der Waals surface area contributed by atoms with Gasteiger partial charge in [-0.3, -0.25) is 0 Å². The first-order valence-electron chi connectivity index (χ1n) is 13.0. The molecule has 6 rings (SSSR count). The van der Waals surface area contributed by atoms with Gasteiger partial charge in [-0.15, -0.1) is 11.3 Å². The molecular formula is C31H27F3N2O2S. The van der Waals surface area contributed by atoms with Gasteiger partial charge in [0.15, 0.2) is 12.0 Å². The summed E-state index contributed by atoms with van der Waals surface area (Å²) in [6.07, 6.45) is 8.58. The van der Waals surface area contributed by atoms with Crippen molar-refractivity contribution < 1.29 is 22.6 Å². The summed E-state index contributed by atoms with van der Waals surface area (Å²) in [7, 11) is 0. The van der Waals surface area contributed by atoms with E-state index in [1.54, 1.807) is 6.20 Å². The van der Waals surface area contributed by atoms with Crippen LogP contribution in [0.4, 0.5) is 13.2 Å². The lowest BCUT2D eigenvalue weighted by Crippen LogP contribution is -2.18. The molecule has 1 aliphatic heterocycles. The number of ether oxygens (including phenoxy) is 2. The number of nitrogens with zero attached hydrogens (tertiary/aromatic N) is 2. The van der Waals surface area contributed by atoms with Crippen LogP contribution in [0.25, 0.3) is 37.5 Å². The first-order valence-corrected chi connectivity index (χ1v) is 13.8. The van der Waals surface area contributed by atoms with E-state index in [0.29, 0.717) is 23.0 Å². The van der Waals surface area contributed by atoms with E-state index in [-0.39, 0.29) is 17.4 Å². The number of allylic oxidation sites excluding steroid dienone is 1. The summed E-state index contributed by atoms with van der Waals surface area (Å²) in [6, 6.07) is 15.0. The highest BCUT2D eigenvalue weighted by atomic mass is 32.1. The Hall–Kier alpha value is -3.62. The number of aromatic nitrogens is 2. The fourth-order valence-corrected chi connectivity index (χ4v) is 6.39. The lowest BCUT2D eigenvalue weighted by atomic mass is 10.00. The fraction of sp³-hybridized carbons (Fsp3) is 0.258. The Kier molecular flexibility index (Phi) is 6.69. The van der Waals surface area contributed by atoms with Crippen LogP contribution in [0.1, 0.15) is 50.5 Å². The van der Waals surface area contributed by atoms with E-state index in [9.17, 15) is 13.2 Å². The summed E-state index contributed by atoms with van der Waals surface area (Å²) in [5.41, 5.74) is 1.78. The number of hydrogen-bond donors (Lipinski definition) is 0. The highest BCUT2D eigenvalue weighted by molar-refractivity contribution is 7.23. The van der Waals surface area contributed by atoms with Gasteiger partial charge in [0.05, 0.1) is 16.6 Å². The smallest absolute Gasteiger partial charge is 0.271 e. The van der Waals surface area contributed by atoms with Gasteiger partial charge in [0.2, 0.25) is 0 Å². The number of hydrogen-bond acceptors (Lipinski definition) is 4. The van der Waals surface area contributed by atoms with E-state index in [1.165, 1.54) is 23.5 Å². The van der Waals surface area contributed by atoms with Crippen LogP contribution < -0.4 is 4.74 Å². The molecule has 0 bridgehead atoms. The third kappa shape index (κ3) is 4.83. The maximum atomic E-state index is 14.7. The van der Waals surface area contributed by atoms with E-state index < -0.39 is 11.7 Å². The topological polar surface area (TPSA) is 36.3 Å². The summed E-state index contributed by atoms with van der Waals surface area (Å²) in [5, 5.41) is 6.31. The second-order valence-electron chi connectivity index (χ2n) is 9.80. The lowest BCUT2D eigenvalue weighted by Gasteiger charge is -2.23. The van der Waals surface area contributed by atoms with Gasteiger partial charge in [-0.25, -0.2) is 17.9 Å². The number of fused-ring (bicyclic) bond motifs is 3. The molecule has 200 valence electrons. The molecule has 1 atom stereocenters. The van der Waals surface area contributed by atoms with E-state index in [1.807, 2.05) is 60.2 Å². The first-order chi connectivity index (χ1) is 18.8. The van der Waals surface area contributed by atoms with Gasteiger partial charge in [-0.1, -0.05) is 30.4 Å². The molecule has 8 heteroatoms. The summed E-state index contributed by atoms with van der Waals surface area (Å²) in [6.45, 7) is 3.42. The number of thiophene rings is 1. The minimum Gasteiger partial charge on any atom is -0.455 e. The second kappa shape index (κ2) is 10.2. The molecule has 0 amide bonds. The summed E-state index contributed by atoms with van der Waals surface area (Å²) >= 11 is 1.35. The normalized spacial score (nSPS) is 16.5. The van der Waals surface area contributed by atoms with Crippen LogP contribution in [-0.2, 0) is 10.7 Å². The Balaban J connectivity index is 1.55. The van der Waals surface area contributed by atoms with Gasteiger partial charge in [-0.2, -0.15) is 5.10 Å². The molecule has 1 fully saturated rings. The van der Waals surface area contributed by atoms with Crippen molar-refractivity contribution in [3.8, 4) is 21.9 Å². The van der Waals surface area contributed by atoms with Crippen LogP contribution in [-0.4, -0.2) is 16.4 Å². The van der Waals surface area contributed by atoms with Crippen LogP contribution in [0.5, 0.6) is 11.5 Å². The first kappa shape index (κ1) is 25.6. The third-order valence-corrected chi connectivity index (χ3v) is 8.23. The third-order valence-electron chi connectivity index (χ3n) is 6.97. The zero-order chi connectivity index (χ0) is 27.1.